The second-order valence-electron chi connectivity index (χ2n) is 4.80. The van der Waals surface area contributed by atoms with Crippen LogP contribution in [0, 0.1) is 12.7 Å². The smallest absolute Gasteiger partial charge is 0.123 e. The molecule has 0 saturated carbocycles. The van der Waals surface area contributed by atoms with E-state index in [1.54, 1.807) is 6.07 Å². The third-order valence-electron chi connectivity index (χ3n) is 3.21. The fourth-order valence-electron chi connectivity index (χ4n) is 2.10. The summed E-state index contributed by atoms with van der Waals surface area (Å²) >= 11 is 6.13. The molecule has 0 radical (unpaired) electrons. The highest BCUT2D eigenvalue weighted by Crippen LogP contribution is 2.19. The summed E-state index contributed by atoms with van der Waals surface area (Å²) in [5.41, 5.74) is 1.85. The molecule has 20 heavy (non-hydrogen) atoms. The van der Waals surface area contributed by atoms with E-state index in [0.29, 0.717) is 11.6 Å². The molecule has 0 aliphatic heterocycles. The summed E-state index contributed by atoms with van der Waals surface area (Å²) < 4.78 is 15.4. The van der Waals surface area contributed by atoms with Crippen molar-refractivity contribution in [3.05, 3.63) is 52.3 Å². The SMILES string of the molecule is CCCNCc1cnc(C)n1Cc1cc(F)ccc1Cl. The fourth-order valence-corrected chi connectivity index (χ4v) is 2.28. The molecule has 1 heterocycles. The van der Waals surface area contributed by atoms with E-state index < -0.39 is 0 Å². The average Bonchev–Trinajstić information content (AvgIpc) is 2.76. The third-order valence-corrected chi connectivity index (χ3v) is 3.58. The molecule has 1 aromatic carbocycles. The monoisotopic (exact) mass is 295 g/mol. The quantitative estimate of drug-likeness (QED) is 0.826. The molecule has 0 fully saturated rings. The van der Waals surface area contributed by atoms with Crippen LogP contribution in [0.2, 0.25) is 5.02 Å². The first kappa shape index (κ1) is 15.0. The fraction of sp³-hybridized carbons (Fsp3) is 0.400. The van der Waals surface area contributed by atoms with E-state index in [0.717, 1.165) is 36.6 Å². The molecule has 5 heteroatoms. The van der Waals surface area contributed by atoms with Crippen molar-refractivity contribution >= 4 is 11.6 Å². The molecule has 2 rings (SSSR count). The van der Waals surface area contributed by atoms with Gasteiger partial charge in [-0.1, -0.05) is 18.5 Å². The van der Waals surface area contributed by atoms with Crippen LogP contribution >= 0.6 is 11.6 Å². The van der Waals surface area contributed by atoms with Gasteiger partial charge in [-0.15, -0.1) is 0 Å². The summed E-state index contributed by atoms with van der Waals surface area (Å²) in [4.78, 5) is 4.33. The molecule has 0 spiro atoms. The number of nitrogens with one attached hydrogen (secondary N) is 1. The normalized spacial score (nSPS) is 11.0. The molecule has 3 nitrogen and oxygen atoms in total. The van der Waals surface area contributed by atoms with Gasteiger partial charge < -0.3 is 9.88 Å². The molecular weight excluding hydrogens is 277 g/mol. The molecular formula is C15H19ClFN3. The summed E-state index contributed by atoms with van der Waals surface area (Å²) in [5.74, 6) is 0.631. The lowest BCUT2D eigenvalue weighted by Gasteiger charge is -2.12. The Labute approximate surface area is 123 Å². The van der Waals surface area contributed by atoms with Crippen LogP contribution < -0.4 is 5.32 Å². The van der Waals surface area contributed by atoms with Gasteiger partial charge in [0.15, 0.2) is 0 Å². The minimum atomic E-state index is -0.271. The maximum absolute atomic E-state index is 13.3. The number of imidazole rings is 1. The van der Waals surface area contributed by atoms with E-state index >= 15 is 0 Å². The number of hydrogen-bond acceptors (Lipinski definition) is 2. The topological polar surface area (TPSA) is 29.9 Å². The second-order valence-corrected chi connectivity index (χ2v) is 5.20. The van der Waals surface area contributed by atoms with Crippen molar-refractivity contribution in [2.24, 2.45) is 0 Å². The van der Waals surface area contributed by atoms with Crippen LogP contribution in [0.4, 0.5) is 4.39 Å². The number of halogens is 2. The van der Waals surface area contributed by atoms with Crippen molar-refractivity contribution in [1.82, 2.24) is 14.9 Å². The van der Waals surface area contributed by atoms with Crippen LogP contribution in [0.3, 0.4) is 0 Å². The van der Waals surface area contributed by atoms with Gasteiger partial charge in [-0.3, -0.25) is 0 Å². The number of nitrogens with zero attached hydrogens (tertiary/aromatic N) is 2. The lowest BCUT2D eigenvalue weighted by Crippen LogP contribution is -2.17. The second kappa shape index (κ2) is 6.86. The first-order valence-corrected chi connectivity index (χ1v) is 7.15. The highest BCUT2D eigenvalue weighted by atomic mass is 35.5. The van der Waals surface area contributed by atoms with Gasteiger partial charge in [0.05, 0.1) is 12.2 Å². The molecule has 0 aliphatic carbocycles. The Morgan fingerprint density at radius 1 is 1.40 bits per heavy atom. The highest BCUT2D eigenvalue weighted by molar-refractivity contribution is 6.31. The molecule has 2 aromatic rings. The van der Waals surface area contributed by atoms with Crippen molar-refractivity contribution in [2.45, 2.75) is 33.4 Å². The van der Waals surface area contributed by atoms with Crippen LogP contribution in [-0.2, 0) is 13.1 Å². The van der Waals surface area contributed by atoms with Crippen LogP contribution in [0.5, 0.6) is 0 Å². The first-order chi connectivity index (χ1) is 9.61. The molecule has 0 bridgehead atoms. The van der Waals surface area contributed by atoms with Crippen LogP contribution in [-0.4, -0.2) is 16.1 Å². The van der Waals surface area contributed by atoms with Gasteiger partial charge in [0, 0.05) is 17.8 Å². The zero-order valence-electron chi connectivity index (χ0n) is 11.8. The van der Waals surface area contributed by atoms with Gasteiger partial charge in [-0.2, -0.15) is 0 Å². The van der Waals surface area contributed by atoms with E-state index in [4.69, 9.17) is 11.6 Å². The average molecular weight is 296 g/mol. The van der Waals surface area contributed by atoms with E-state index in [1.807, 2.05) is 13.1 Å². The predicted molar refractivity (Wildman–Crippen MR) is 79.5 cm³/mol. The minimum absolute atomic E-state index is 0.271. The lowest BCUT2D eigenvalue weighted by molar-refractivity contribution is 0.611. The summed E-state index contributed by atoms with van der Waals surface area (Å²) in [5, 5.41) is 3.92. The van der Waals surface area contributed by atoms with E-state index in [2.05, 4.69) is 21.8 Å². The number of aryl methyl sites for hydroxylation is 1. The molecule has 0 aliphatic rings. The molecule has 108 valence electrons. The van der Waals surface area contributed by atoms with E-state index in [9.17, 15) is 4.39 Å². The Hall–Kier alpha value is -1.39. The zero-order valence-corrected chi connectivity index (χ0v) is 12.5. The maximum atomic E-state index is 13.3. The van der Waals surface area contributed by atoms with Crippen molar-refractivity contribution in [2.75, 3.05) is 6.54 Å². The van der Waals surface area contributed by atoms with Crippen LogP contribution in [0.15, 0.2) is 24.4 Å². The zero-order chi connectivity index (χ0) is 14.5. The predicted octanol–water partition coefficient (Wildman–Crippen LogP) is 3.53. The molecule has 0 saturated heterocycles. The van der Waals surface area contributed by atoms with Crippen molar-refractivity contribution in [3.63, 3.8) is 0 Å². The standard InChI is InChI=1S/C15H19ClFN3/c1-3-6-18-8-14-9-19-11(2)20(14)10-12-7-13(17)4-5-15(12)16/h4-5,7,9,18H,3,6,8,10H2,1-2H3. The third kappa shape index (κ3) is 3.58. The Morgan fingerprint density at radius 3 is 2.95 bits per heavy atom. The Balaban J connectivity index is 2.19. The maximum Gasteiger partial charge on any atom is 0.123 e. The highest BCUT2D eigenvalue weighted by Gasteiger charge is 2.09. The van der Waals surface area contributed by atoms with Gasteiger partial charge in [0.2, 0.25) is 0 Å². The van der Waals surface area contributed by atoms with Crippen molar-refractivity contribution < 1.29 is 4.39 Å². The molecule has 1 N–H and O–H groups in total. The Kier molecular flexibility index (Phi) is 5.15. The summed E-state index contributed by atoms with van der Waals surface area (Å²) in [6.07, 6.45) is 2.94. The number of aromatic nitrogens is 2. The Bertz CT molecular complexity index is 580. The number of benzene rings is 1. The molecule has 1 aromatic heterocycles. The van der Waals surface area contributed by atoms with E-state index in [1.165, 1.54) is 12.1 Å². The van der Waals surface area contributed by atoms with Gasteiger partial charge >= 0.3 is 0 Å². The lowest BCUT2D eigenvalue weighted by atomic mass is 10.2. The van der Waals surface area contributed by atoms with Crippen molar-refractivity contribution in [3.8, 4) is 0 Å². The first-order valence-electron chi connectivity index (χ1n) is 6.77. The van der Waals surface area contributed by atoms with Gasteiger partial charge in [-0.25, -0.2) is 9.37 Å². The Morgan fingerprint density at radius 2 is 2.20 bits per heavy atom. The number of hydrogen-bond donors (Lipinski definition) is 1. The van der Waals surface area contributed by atoms with Crippen molar-refractivity contribution in [1.29, 1.82) is 0 Å². The molecule has 0 unspecified atom stereocenters. The van der Waals surface area contributed by atoms with Gasteiger partial charge in [0.1, 0.15) is 11.6 Å². The summed E-state index contributed by atoms with van der Waals surface area (Å²) in [6, 6.07) is 4.44. The molecule has 0 atom stereocenters. The van der Waals surface area contributed by atoms with Gasteiger partial charge in [0.25, 0.3) is 0 Å². The molecule has 0 amide bonds. The van der Waals surface area contributed by atoms with Crippen LogP contribution in [0.1, 0.15) is 30.4 Å². The summed E-state index contributed by atoms with van der Waals surface area (Å²) in [7, 11) is 0. The summed E-state index contributed by atoms with van der Waals surface area (Å²) in [6.45, 7) is 6.32. The largest absolute Gasteiger partial charge is 0.327 e. The van der Waals surface area contributed by atoms with E-state index in [-0.39, 0.29) is 5.82 Å². The minimum Gasteiger partial charge on any atom is -0.327 e. The van der Waals surface area contributed by atoms with Crippen LogP contribution in [0.25, 0.3) is 0 Å². The van der Waals surface area contributed by atoms with Gasteiger partial charge in [-0.05, 0) is 43.7 Å². The number of rotatable bonds is 6.